The Morgan fingerprint density at radius 3 is 2.55 bits per heavy atom. The minimum Gasteiger partial charge on any atom is -0.497 e. The zero-order chi connectivity index (χ0) is 14.8. The van der Waals surface area contributed by atoms with Gasteiger partial charge in [-0.3, -0.25) is 0 Å². The van der Waals surface area contributed by atoms with E-state index in [2.05, 4.69) is 0 Å². The number of morpholine rings is 1. The van der Waals surface area contributed by atoms with Crippen LogP contribution in [0.1, 0.15) is 6.92 Å². The van der Waals surface area contributed by atoms with Crippen molar-refractivity contribution in [3.8, 4) is 5.75 Å². The number of sulfonamides is 1. The van der Waals surface area contributed by atoms with Gasteiger partial charge in [0, 0.05) is 19.6 Å². The fourth-order valence-electron chi connectivity index (χ4n) is 2.23. The highest BCUT2D eigenvalue weighted by Gasteiger charge is 2.33. The predicted molar refractivity (Wildman–Crippen MR) is 75.1 cm³/mol. The van der Waals surface area contributed by atoms with E-state index in [-0.39, 0.29) is 23.6 Å². The quantitative estimate of drug-likeness (QED) is 0.872. The largest absolute Gasteiger partial charge is 0.497 e. The van der Waals surface area contributed by atoms with Gasteiger partial charge in [-0.2, -0.15) is 4.31 Å². The molecule has 6 nitrogen and oxygen atoms in total. The molecule has 1 fully saturated rings. The zero-order valence-corrected chi connectivity index (χ0v) is 12.5. The molecular formula is C13H20N2O4S. The van der Waals surface area contributed by atoms with Crippen LogP contribution in [0.4, 0.5) is 0 Å². The van der Waals surface area contributed by atoms with Crippen LogP contribution in [0.2, 0.25) is 0 Å². The van der Waals surface area contributed by atoms with Gasteiger partial charge in [0.25, 0.3) is 0 Å². The second-order valence-corrected chi connectivity index (χ2v) is 6.74. The van der Waals surface area contributed by atoms with Crippen LogP contribution < -0.4 is 10.5 Å². The summed E-state index contributed by atoms with van der Waals surface area (Å²) in [4.78, 5) is 0.253. The molecule has 112 valence electrons. The first kappa shape index (κ1) is 15.2. The Labute approximate surface area is 119 Å². The number of nitrogens with zero attached hydrogens (tertiary/aromatic N) is 1. The van der Waals surface area contributed by atoms with Gasteiger partial charge in [-0.15, -0.1) is 0 Å². The molecule has 20 heavy (non-hydrogen) atoms. The summed E-state index contributed by atoms with van der Waals surface area (Å²) < 4.78 is 37.2. The van der Waals surface area contributed by atoms with E-state index < -0.39 is 10.0 Å². The molecule has 0 aromatic heterocycles. The van der Waals surface area contributed by atoms with Crippen molar-refractivity contribution in [2.45, 2.75) is 24.0 Å². The van der Waals surface area contributed by atoms with Gasteiger partial charge in [0.1, 0.15) is 5.75 Å². The Morgan fingerprint density at radius 2 is 2.00 bits per heavy atom. The lowest BCUT2D eigenvalue weighted by molar-refractivity contribution is -0.0486. The van der Waals surface area contributed by atoms with Crippen LogP contribution in [0.15, 0.2) is 29.2 Å². The lowest BCUT2D eigenvalue weighted by atomic mass is 10.2. The molecule has 1 aromatic rings. The van der Waals surface area contributed by atoms with Crippen molar-refractivity contribution < 1.29 is 17.9 Å². The maximum absolute atomic E-state index is 12.6. The Balaban J connectivity index is 2.24. The minimum absolute atomic E-state index is 0.162. The third-order valence-corrected chi connectivity index (χ3v) is 5.10. The number of hydrogen-bond acceptors (Lipinski definition) is 5. The molecule has 1 heterocycles. The highest BCUT2D eigenvalue weighted by molar-refractivity contribution is 7.89. The van der Waals surface area contributed by atoms with Crippen LogP contribution >= 0.6 is 0 Å². The average Bonchev–Trinajstić information content (AvgIpc) is 2.46. The average molecular weight is 300 g/mol. The maximum atomic E-state index is 12.6. The summed E-state index contributed by atoms with van der Waals surface area (Å²) in [5.74, 6) is 0.624. The molecule has 2 atom stereocenters. The molecule has 1 aliphatic rings. The second-order valence-electron chi connectivity index (χ2n) is 4.80. The van der Waals surface area contributed by atoms with Gasteiger partial charge >= 0.3 is 0 Å². The zero-order valence-electron chi connectivity index (χ0n) is 11.7. The summed E-state index contributed by atoms with van der Waals surface area (Å²) in [5, 5.41) is 0. The lowest BCUT2D eigenvalue weighted by Crippen LogP contribution is -2.51. The van der Waals surface area contributed by atoms with Crippen molar-refractivity contribution >= 4 is 10.0 Å². The third-order valence-electron chi connectivity index (χ3n) is 3.25. The highest BCUT2D eigenvalue weighted by Crippen LogP contribution is 2.22. The fourth-order valence-corrected chi connectivity index (χ4v) is 3.77. The van der Waals surface area contributed by atoms with Gasteiger partial charge in [-0.05, 0) is 31.2 Å². The van der Waals surface area contributed by atoms with Crippen LogP contribution in [-0.2, 0) is 14.8 Å². The SMILES string of the molecule is COc1ccc(S(=O)(=O)N2CC(C)OC(CN)C2)cc1. The van der Waals surface area contributed by atoms with Crippen LogP contribution in [0.5, 0.6) is 5.75 Å². The lowest BCUT2D eigenvalue weighted by Gasteiger charge is -2.35. The summed E-state index contributed by atoms with van der Waals surface area (Å²) in [5.41, 5.74) is 5.58. The van der Waals surface area contributed by atoms with E-state index in [4.69, 9.17) is 15.2 Å². The molecule has 0 aliphatic carbocycles. The Bertz CT molecular complexity index is 544. The fraction of sp³-hybridized carbons (Fsp3) is 0.538. The smallest absolute Gasteiger partial charge is 0.243 e. The molecule has 1 aromatic carbocycles. The van der Waals surface area contributed by atoms with E-state index in [0.29, 0.717) is 18.8 Å². The molecule has 2 rings (SSSR count). The second kappa shape index (κ2) is 6.09. The Kier molecular flexibility index (Phi) is 4.64. The molecule has 0 radical (unpaired) electrons. The van der Waals surface area contributed by atoms with Crippen molar-refractivity contribution in [1.82, 2.24) is 4.31 Å². The van der Waals surface area contributed by atoms with E-state index in [9.17, 15) is 8.42 Å². The predicted octanol–water partition coefficient (Wildman–Crippen LogP) is 0.432. The number of benzene rings is 1. The standard InChI is InChI=1S/C13H20N2O4S/c1-10-8-15(9-12(7-14)19-10)20(16,17)13-5-3-11(18-2)4-6-13/h3-6,10,12H,7-9,14H2,1-2H3. The number of nitrogens with two attached hydrogens (primary N) is 1. The molecule has 0 bridgehead atoms. The number of methoxy groups -OCH3 is 1. The summed E-state index contributed by atoms with van der Waals surface area (Å²) in [6.45, 7) is 2.78. The van der Waals surface area contributed by atoms with Crippen LogP contribution in [0, 0.1) is 0 Å². The molecule has 2 N–H and O–H groups in total. The molecule has 7 heteroatoms. The van der Waals surface area contributed by atoms with Gasteiger partial charge in [0.2, 0.25) is 10.0 Å². The normalized spacial score (nSPS) is 24.6. The first-order valence-electron chi connectivity index (χ1n) is 6.47. The number of hydrogen-bond donors (Lipinski definition) is 1. The van der Waals surface area contributed by atoms with Gasteiger partial charge in [-0.1, -0.05) is 0 Å². The first-order valence-corrected chi connectivity index (χ1v) is 7.91. The first-order chi connectivity index (χ1) is 9.47. The van der Waals surface area contributed by atoms with Crippen molar-refractivity contribution in [2.75, 3.05) is 26.7 Å². The van der Waals surface area contributed by atoms with Crippen LogP contribution in [0.25, 0.3) is 0 Å². The van der Waals surface area contributed by atoms with Crippen LogP contribution in [-0.4, -0.2) is 51.7 Å². The van der Waals surface area contributed by atoms with E-state index in [1.54, 1.807) is 31.4 Å². The molecule has 0 spiro atoms. The third kappa shape index (κ3) is 3.12. The van der Waals surface area contributed by atoms with Gasteiger partial charge in [0.05, 0.1) is 24.2 Å². The molecule has 1 aliphatic heterocycles. The Hall–Kier alpha value is -1.15. The van der Waals surface area contributed by atoms with Crippen molar-refractivity contribution in [3.63, 3.8) is 0 Å². The minimum atomic E-state index is -3.52. The highest BCUT2D eigenvalue weighted by atomic mass is 32.2. The molecule has 0 amide bonds. The van der Waals surface area contributed by atoms with E-state index in [0.717, 1.165) is 0 Å². The van der Waals surface area contributed by atoms with Gasteiger partial charge in [0.15, 0.2) is 0 Å². The molecule has 2 unspecified atom stereocenters. The van der Waals surface area contributed by atoms with Gasteiger partial charge in [-0.25, -0.2) is 8.42 Å². The monoisotopic (exact) mass is 300 g/mol. The van der Waals surface area contributed by atoms with Gasteiger partial charge < -0.3 is 15.2 Å². The van der Waals surface area contributed by atoms with E-state index in [1.807, 2.05) is 6.92 Å². The summed E-state index contributed by atoms with van der Waals surface area (Å²) in [6, 6.07) is 6.37. The number of ether oxygens (including phenoxy) is 2. The number of rotatable bonds is 4. The van der Waals surface area contributed by atoms with E-state index in [1.165, 1.54) is 4.31 Å². The van der Waals surface area contributed by atoms with E-state index >= 15 is 0 Å². The molecule has 0 saturated carbocycles. The Morgan fingerprint density at radius 1 is 1.35 bits per heavy atom. The summed E-state index contributed by atoms with van der Waals surface area (Å²) in [7, 11) is -1.98. The topological polar surface area (TPSA) is 81.9 Å². The van der Waals surface area contributed by atoms with Crippen molar-refractivity contribution in [2.24, 2.45) is 5.73 Å². The summed E-state index contributed by atoms with van der Waals surface area (Å²) in [6.07, 6.45) is -0.419. The van der Waals surface area contributed by atoms with Crippen molar-refractivity contribution in [3.05, 3.63) is 24.3 Å². The summed E-state index contributed by atoms with van der Waals surface area (Å²) >= 11 is 0. The van der Waals surface area contributed by atoms with Crippen LogP contribution in [0.3, 0.4) is 0 Å². The molecular weight excluding hydrogens is 280 g/mol. The molecule has 1 saturated heterocycles. The van der Waals surface area contributed by atoms with Crippen molar-refractivity contribution in [1.29, 1.82) is 0 Å². The maximum Gasteiger partial charge on any atom is 0.243 e.